The lowest BCUT2D eigenvalue weighted by atomic mass is 10.1. The number of carbonyl (C=O) groups excluding carboxylic acids is 1. The highest BCUT2D eigenvalue weighted by molar-refractivity contribution is 7.07. The average Bonchev–Trinajstić information content (AvgIpc) is 3.46. The fraction of sp³-hybridized carbons (Fsp3) is 0.429. The van der Waals surface area contributed by atoms with E-state index in [4.69, 9.17) is 10.00 Å². The molecule has 3 aromatic rings. The molecule has 3 heterocycles. The van der Waals surface area contributed by atoms with E-state index in [0.717, 1.165) is 54.1 Å². The second kappa shape index (κ2) is 13.3. The summed E-state index contributed by atoms with van der Waals surface area (Å²) in [6.07, 6.45) is 7.59. The molecule has 0 bridgehead atoms. The Hall–Kier alpha value is -3.90. The molecule has 0 atom stereocenters. The first-order valence-electron chi connectivity index (χ1n) is 13.1. The van der Waals surface area contributed by atoms with Gasteiger partial charge in [0.25, 0.3) is 11.5 Å². The van der Waals surface area contributed by atoms with Gasteiger partial charge < -0.3 is 19.9 Å². The Morgan fingerprint density at radius 3 is 2.72 bits per heavy atom. The molecule has 0 aliphatic carbocycles. The number of rotatable bonds is 10. The van der Waals surface area contributed by atoms with Crippen molar-refractivity contribution in [3.8, 4) is 12.1 Å². The number of fused-ring (bicyclic) bond motifs is 1. The number of hydrogen-bond acceptors (Lipinski definition) is 8. The maximum atomic E-state index is 13.1. The first kappa shape index (κ1) is 28.1. The Balaban J connectivity index is 1.70. The minimum Gasteiger partial charge on any atom is -0.383 e. The highest BCUT2D eigenvalue weighted by Gasteiger charge is 2.16. The zero-order chi connectivity index (χ0) is 27.8. The van der Waals surface area contributed by atoms with Gasteiger partial charge in [0, 0.05) is 55.7 Å². The maximum Gasteiger partial charge on any atom is 0.270 e. The smallest absolute Gasteiger partial charge is 0.270 e. The molecular formula is C28H33N7O3S. The molecule has 2 aromatic heterocycles. The fourth-order valence-electron chi connectivity index (χ4n) is 4.87. The molecular weight excluding hydrogens is 514 g/mol. The van der Waals surface area contributed by atoms with Gasteiger partial charge in [-0.3, -0.25) is 19.1 Å². The quantitative estimate of drug-likeness (QED) is 0.370. The summed E-state index contributed by atoms with van der Waals surface area (Å²) in [6, 6.07) is 9.86. The highest BCUT2D eigenvalue weighted by atomic mass is 32.1. The molecule has 1 aliphatic rings. The molecule has 11 heteroatoms. The number of carbonyl (C=O) groups is 1. The number of ether oxygens (including phenoxy) is 1. The average molecular weight is 548 g/mol. The van der Waals surface area contributed by atoms with E-state index < -0.39 is 5.91 Å². The third-order valence-corrected chi connectivity index (χ3v) is 7.95. The summed E-state index contributed by atoms with van der Waals surface area (Å²) in [5.74, 6) is -0.674. The van der Waals surface area contributed by atoms with Gasteiger partial charge in [0.2, 0.25) is 0 Å². The topological polar surface area (TPSA) is 128 Å². The lowest BCUT2D eigenvalue weighted by Crippen LogP contribution is -2.34. The summed E-state index contributed by atoms with van der Waals surface area (Å²) in [7, 11) is 1.71. The van der Waals surface area contributed by atoms with Crippen LogP contribution in [0.15, 0.2) is 29.2 Å². The molecule has 0 spiro atoms. The summed E-state index contributed by atoms with van der Waals surface area (Å²) in [5, 5.41) is 25.1. The number of anilines is 1. The van der Waals surface area contributed by atoms with Crippen LogP contribution in [0, 0.1) is 22.7 Å². The van der Waals surface area contributed by atoms with Crippen LogP contribution in [-0.2, 0) is 29.2 Å². The number of likely N-dealkylation sites (tertiary alicyclic amines) is 1. The molecule has 1 saturated heterocycles. The van der Waals surface area contributed by atoms with Crippen LogP contribution in [0.3, 0.4) is 0 Å². The van der Waals surface area contributed by atoms with Crippen LogP contribution in [0.2, 0.25) is 0 Å². The van der Waals surface area contributed by atoms with E-state index in [1.807, 2.05) is 18.2 Å². The van der Waals surface area contributed by atoms with Crippen LogP contribution in [0.25, 0.3) is 22.7 Å². The predicted molar refractivity (Wildman–Crippen MR) is 152 cm³/mol. The number of nitrogens with one attached hydrogen (secondary N) is 2. The van der Waals surface area contributed by atoms with E-state index >= 15 is 0 Å². The summed E-state index contributed by atoms with van der Waals surface area (Å²) >= 11 is 1.07. The number of piperidine rings is 1. The molecule has 1 aliphatic heterocycles. The molecule has 39 heavy (non-hydrogen) atoms. The van der Waals surface area contributed by atoms with Crippen LogP contribution in [-0.4, -0.2) is 53.3 Å². The fourth-order valence-corrected chi connectivity index (χ4v) is 5.95. The summed E-state index contributed by atoms with van der Waals surface area (Å²) < 4.78 is 9.59. The van der Waals surface area contributed by atoms with Gasteiger partial charge in [-0.2, -0.15) is 10.5 Å². The summed E-state index contributed by atoms with van der Waals surface area (Å²) in [6.45, 7) is 6.36. The van der Waals surface area contributed by atoms with Crippen molar-refractivity contribution in [1.82, 2.24) is 19.4 Å². The molecule has 1 aromatic carbocycles. The van der Waals surface area contributed by atoms with Crippen molar-refractivity contribution < 1.29 is 9.53 Å². The Labute approximate surface area is 231 Å². The van der Waals surface area contributed by atoms with Crippen LogP contribution >= 0.6 is 11.3 Å². The van der Waals surface area contributed by atoms with Gasteiger partial charge >= 0.3 is 0 Å². The van der Waals surface area contributed by atoms with E-state index in [1.165, 1.54) is 29.4 Å². The number of nitriles is 2. The van der Waals surface area contributed by atoms with Crippen molar-refractivity contribution in [2.45, 2.75) is 45.8 Å². The van der Waals surface area contributed by atoms with E-state index in [1.54, 1.807) is 20.2 Å². The second-order valence-electron chi connectivity index (χ2n) is 9.35. The van der Waals surface area contributed by atoms with E-state index in [9.17, 15) is 14.9 Å². The molecule has 1 fully saturated rings. The summed E-state index contributed by atoms with van der Waals surface area (Å²) in [4.78, 5) is 28.0. The van der Waals surface area contributed by atoms with Crippen LogP contribution < -0.4 is 25.4 Å². The standard InChI is InChI=1S/C28H33N7O3S/c1-3-35-27(37)25(39-28(35)23(16-30)26(36)31-10-9-29)17-32-21-7-8-24-22(15-21)20(19-34(24)13-14-38-2)18-33-11-5-4-6-12-33/h7-8,15,17,19,32H,3-6,10-14,18H2,1-2H3,(H,31,36)/b25-17-,28-23+. The van der Waals surface area contributed by atoms with Gasteiger partial charge in [-0.05, 0) is 56.6 Å². The zero-order valence-electron chi connectivity index (χ0n) is 22.3. The number of hydrogen-bond donors (Lipinski definition) is 2. The lowest BCUT2D eigenvalue weighted by Gasteiger charge is -2.26. The van der Waals surface area contributed by atoms with Crippen molar-refractivity contribution in [2.75, 3.05) is 38.7 Å². The second-order valence-corrected chi connectivity index (χ2v) is 10.4. The first-order chi connectivity index (χ1) is 19.0. The van der Waals surface area contributed by atoms with E-state index in [0.29, 0.717) is 17.7 Å². The lowest BCUT2D eigenvalue weighted by molar-refractivity contribution is -0.115. The van der Waals surface area contributed by atoms with Gasteiger partial charge in [-0.15, -0.1) is 11.3 Å². The highest BCUT2D eigenvalue weighted by Crippen LogP contribution is 2.27. The van der Waals surface area contributed by atoms with Crippen molar-refractivity contribution >= 4 is 45.6 Å². The van der Waals surface area contributed by atoms with Crippen LogP contribution in [0.5, 0.6) is 0 Å². The minimum atomic E-state index is -0.674. The van der Waals surface area contributed by atoms with Gasteiger partial charge in [0.05, 0.1) is 12.7 Å². The molecule has 1 amide bonds. The van der Waals surface area contributed by atoms with E-state index in [2.05, 4.69) is 38.4 Å². The number of nitrogens with zero attached hydrogens (tertiary/aromatic N) is 5. The van der Waals surface area contributed by atoms with E-state index in [-0.39, 0.29) is 22.3 Å². The molecule has 0 unspecified atom stereocenters. The van der Waals surface area contributed by atoms with Crippen molar-refractivity contribution in [3.05, 3.63) is 49.5 Å². The van der Waals surface area contributed by atoms with Gasteiger partial charge in [0.1, 0.15) is 21.8 Å². The van der Waals surface area contributed by atoms with Crippen LogP contribution in [0.1, 0.15) is 31.7 Å². The van der Waals surface area contributed by atoms with Crippen molar-refractivity contribution in [3.63, 3.8) is 0 Å². The molecule has 204 valence electrons. The van der Waals surface area contributed by atoms with Gasteiger partial charge in [-0.25, -0.2) is 0 Å². The Bertz CT molecular complexity index is 1600. The number of benzene rings is 1. The SMILES string of the molecule is CCn1c(=O)/c(=C/Nc2ccc3c(c2)c(CN2CCCCC2)cn3CCOC)s/c1=C(\C#N)C(=O)NCC#N. The van der Waals surface area contributed by atoms with Gasteiger partial charge in [-0.1, -0.05) is 6.42 Å². The Kier molecular flexibility index (Phi) is 9.55. The normalized spacial score (nSPS) is 15.1. The number of thiazole rings is 1. The molecule has 0 saturated carbocycles. The number of amides is 1. The first-order valence-corrected chi connectivity index (χ1v) is 13.9. The third-order valence-electron chi connectivity index (χ3n) is 6.82. The van der Waals surface area contributed by atoms with Crippen molar-refractivity contribution in [2.24, 2.45) is 0 Å². The summed E-state index contributed by atoms with van der Waals surface area (Å²) in [5.41, 5.74) is 2.75. The Morgan fingerprint density at radius 2 is 2.03 bits per heavy atom. The molecule has 10 nitrogen and oxygen atoms in total. The Morgan fingerprint density at radius 1 is 1.23 bits per heavy atom. The van der Waals surface area contributed by atoms with Gasteiger partial charge in [0.15, 0.2) is 5.57 Å². The third kappa shape index (κ3) is 6.40. The monoisotopic (exact) mass is 547 g/mol. The number of aromatic nitrogens is 2. The molecule has 4 rings (SSSR count). The zero-order valence-corrected chi connectivity index (χ0v) is 23.1. The minimum absolute atomic E-state index is 0.185. The predicted octanol–water partition coefficient (Wildman–Crippen LogP) is 1.68. The maximum absolute atomic E-state index is 13.1. The van der Waals surface area contributed by atoms with Crippen molar-refractivity contribution in [1.29, 1.82) is 10.5 Å². The largest absolute Gasteiger partial charge is 0.383 e. The van der Waals surface area contributed by atoms with Crippen LogP contribution in [0.4, 0.5) is 5.69 Å². The number of methoxy groups -OCH3 is 1. The molecule has 2 N–H and O–H groups in total. The molecule has 0 radical (unpaired) electrons.